The highest BCUT2D eigenvalue weighted by Crippen LogP contribution is 2.17. The lowest BCUT2D eigenvalue weighted by Gasteiger charge is -2.38. The molecule has 1 rings (SSSR count). The molecule has 0 spiro atoms. The Morgan fingerprint density at radius 2 is 1.92 bits per heavy atom. The van der Waals surface area contributed by atoms with Crippen LogP contribution in [0.15, 0.2) is 0 Å². The summed E-state index contributed by atoms with van der Waals surface area (Å²) >= 11 is 2.43. The van der Waals surface area contributed by atoms with Gasteiger partial charge in [-0.3, -0.25) is 4.79 Å². The van der Waals surface area contributed by atoms with E-state index in [1.807, 2.05) is 0 Å². The van der Waals surface area contributed by atoms with Gasteiger partial charge in [-0.2, -0.15) is 0 Å². The van der Waals surface area contributed by atoms with Gasteiger partial charge in [0, 0.05) is 0 Å². The Balaban J connectivity index is 0.00000121. The van der Waals surface area contributed by atoms with Gasteiger partial charge in [0.05, 0.1) is 32.5 Å². The highest BCUT2D eigenvalue weighted by Gasteiger charge is 2.29. The second-order valence-electron chi connectivity index (χ2n) is 3.26. The third-order valence-corrected chi connectivity index (χ3v) is 4.10. The van der Waals surface area contributed by atoms with Crippen molar-refractivity contribution in [2.24, 2.45) is 0 Å². The Morgan fingerprint density at radius 3 is 2.25 bits per heavy atom. The van der Waals surface area contributed by atoms with Crippen LogP contribution in [0.1, 0.15) is 19.8 Å². The molecule has 0 atom stereocenters. The van der Waals surface area contributed by atoms with Gasteiger partial charge in [-0.25, -0.2) is 0 Å². The minimum absolute atomic E-state index is 0. The third-order valence-electron chi connectivity index (χ3n) is 2.65. The molecule has 1 aliphatic rings. The molecule has 0 N–H and O–H groups in total. The topological polar surface area (TPSA) is 17.1 Å². The number of carbonyl (C=O) groups is 1. The van der Waals surface area contributed by atoms with Gasteiger partial charge in [-0.05, 0) is 29.5 Å². The zero-order valence-electron chi connectivity index (χ0n) is 7.35. The van der Waals surface area contributed by atoms with Gasteiger partial charge in [0.2, 0.25) is 0 Å². The van der Waals surface area contributed by atoms with Crippen molar-refractivity contribution in [3.8, 4) is 0 Å². The maximum atomic E-state index is 11.0. The van der Waals surface area contributed by atoms with Gasteiger partial charge >= 0.3 is 0 Å². The second-order valence-corrected chi connectivity index (χ2v) is 3.95. The van der Waals surface area contributed by atoms with Crippen molar-refractivity contribution in [3.05, 3.63) is 0 Å². The summed E-state index contributed by atoms with van der Waals surface area (Å²) in [5, 5.41) is 0. The van der Waals surface area contributed by atoms with E-state index >= 15 is 0 Å². The number of carbonyl (C=O) groups excluding carboxylic acids is 1. The minimum atomic E-state index is 0. The second kappa shape index (κ2) is 5.74. The van der Waals surface area contributed by atoms with Crippen molar-refractivity contribution >= 4 is 28.4 Å². The molecule has 0 aromatic heterocycles. The molecule has 1 saturated heterocycles. The predicted molar refractivity (Wildman–Crippen MR) is 53.7 cm³/mol. The van der Waals surface area contributed by atoms with Gasteiger partial charge in [-0.15, -0.1) is 0 Å². The van der Waals surface area contributed by atoms with Crippen LogP contribution in [0, 0.1) is 0 Å². The molecule has 0 bridgehead atoms. The molecule has 0 radical (unpaired) electrons. The lowest BCUT2D eigenvalue weighted by Crippen LogP contribution is -3.00. The zero-order valence-corrected chi connectivity index (χ0v) is 11.7. The quantitative estimate of drug-likeness (QED) is 0.243. The average Bonchev–Trinajstić information content (AvgIpc) is 2.07. The van der Waals surface area contributed by atoms with Gasteiger partial charge in [0.15, 0.2) is 0 Å². The number of Topliss-reactive ketones (excluding diaryl/α,β-unsaturated/α-hetero) is 1. The smallest absolute Gasteiger partial charge is 0.144 e. The van der Waals surface area contributed by atoms with Crippen molar-refractivity contribution in [1.29, 1.82) is 0 Å². The summed E-state index contributed by atoms with van der Waals surface area (Å²) in [6.07, 6.45) is 1.60. The molecular weight excluding hydrogens is 380 g/mol. The molecule has 1 aliphatic heterocycles. The number of halogens is 2. The predicted octanol–water partition coefficient (Wildman–Crippen LogP) is -1.42. The van der Waals surface area contributed by atoms with Crippen molar-refractivity contribution in [3.63, 3.8) is 0 Å². The molecule has 72 valence electrons. The van der Waals surface area contributed by atoms with Gasteiger partial charge in [-0.1, -0.05) is 0 Å². The summed E-state index contributed by atoms with van der Waals surface area (Å²) < 4.78 is 2.30. The summed E-state index contributed by atoms with van der Waals surface area (Å²) in [4.78, 5) is 11.0. The van der Waals surface area contributed by atoms with E-state index in [0.717, 1.165) is 35.0 Å². The van der Waals surface area contributed by atoms with E-state index in [-0.39, 0.29) is 24.0 Å². The van der Waals surface area contributed by atoms with E-state index in [4.69, 9.17) is 0 Å². The van der Waals surface area contributed by atoms with Crippen LogP contribution in [0.25, 0.3) is 0 Å². The fraction of sp³-hybridized carbons (Fsp3) is 0.875. The first kappa shape index (κ1) is 13.1. The zero-order chi connectivity index (χ0) is 8.32. The lowest BCUT2D eigenvalue weighted by molar-refractivity contribution is -0.912. The molecule has 0 unspecified atom stereocenters. The fourth-order valence-corrected chi connectivity index (χ4v) is 2.65. The van der Waals surface area contributed by atoms with Crippen LogP contribution in [-0.2, 0) is 4.79 Å². The van der Waals surface area contributed by atoms with Crippen molar-refractivity contribution in [2.45, 2.75) is 19.8 Å². The van der Waals surface area contributed by atoms with Crippen LogP contribution in [0.3, 0.4) is 0 Å². The molecular formula is C8H15I2NO. The number of hydrogen-bond donors (Lipinski definition) is 0. The first-order valence-electron chi connectivity index (χ1n) is 4.15. The number of piperidine rings is 1. The van der Waals surface area contributed by atoms with Crippen LogP contribution in [0.4, 0.5) is 0 Å². The Hall–Kier alpha value is 1.09. The minimum Gasteiger partial charge on any atom is -1.00 e. The number of alkyl halides is 1. The Morgan fingerprint density at radius 1 is 1.42 bits per heavy atom. The lowest BCUT2D eigenvalue weighted by atomic mass is 10.1. The summed E-state index contributed by atoms with van der Waals surface area (Å²) in [5.74, 6) is 0.456. The largest absolute Gasteiger partial charge is 1.00 e. The SMILES string of the molecule is CC[N+]1(CI)CCC(=O)CC1.[I-]. The first-order chi connectivity index (χ1) is 5.22. The molecule has 4 heteroatoms. The Bertz CT molecular complexity index is 145. The highest BCUT2D eigenvalue weighted by atomic mass is 127. The van der Waals surface area contributed by atoms with E-state index in [9.17, 15) is 4.79 Å². The third kappa shape index (κ3) is 3.10. The summed E-state index contributed by atoms with van der Waals surface area (Å²) in [7, 11) is 0. The molecule has 0 saturated carbocycles. The first-order valence-corrected chi connectivity index (χ1v) is 5.68. The van der Waals surface area contributed by atoms with Gasteiger partial charge in [0.25, 0.3) is 0 Å². The summed E-state index contributed by atoms with van der Waals surface area (Å²) in [6, 6.07) is 0. The normalized spacial score (nSPS) is 21.7. The standard InChI is InChI=1S/C8H15INO.HI/c1-2-10(7-9)5-3-8(11)4-6-10;/h2-7H2,1H3;1H/q+1;/p-1. The van der Waals surface area contributed by atoms with Crippen molar-refractivity contribution < 1.29 is 33.3 Å². The molecule has 12 heavy (non-hydrogen) atoms. The molecule has 2 nitrogen and oxygen atoms in total. The number of hydrogen-bond acceptors (Lipinski definition) is 1. The van der Waals surface area contributed by atoms with E-state index in [1.54, 1.807) is 0 Å². The van der Waals surface area contributed by atoms with Crippen LogP contribution < -0.4 is 24.0 Å². The van der Waals surface area contributed by atoms with E-state index in [0.29, 0.717) is 5.78 Å². The van der Waals surface area contributed by atoms with Gasteiger partial charge < -0.3 is 28.5 Å². The number of rotatable bonds is 2. The molecule has 1 fully saturated rings. The molecule has 0 aliphatic carbocycles. The monoisotopic (exact) mass is 395 g/mol. The van der Waals surface area contributed by atoms with Crippen LogP contribution in [0.5, 0.6) is 0 Å². The average molecular weight is 395 g/mol. The maximum absolute atomic E-state index is 11.0. The summed E-state index contributed by atoms with van der Waals surface area (Å²) in [6.45, 7) is 5.53. The van der Waals surface area contributed by atoms with Crippen LogP contribution >= 0.6 is 22.6 Å². The van der Waals surface area contributed by atoms with E-state index < -0.39 is 0 Å². The molecule has 0 aromatic rings. The Labute approximate surface area is 105 Å². The fourth-order valence-electron chi connectivity index (χ4n) is 1.48. The molecule has 0 aromatic carbocycles. The van der Waals surface area contributed by atoms with Crippen LogP contribution in [0.2, 0.25) is 0 Å². The van der Waals surface area contributed by atoms with Crippen LogP contribution in [-0.4, -0.2) is 34.5 Å². The number of likely N-dealkylation sites (tertiary alicyclic amines) is 1. The number of quaternary nitrogens is 1. The van der Waals surface area contributed by atoms with Crippen molar-refractivity contribution in [2.75, 3.05) is 24.2 Å². The maximum Gasteiger partial charge on any atom is 0.144 e. The van der Waals surface area contributed by atoms with E-state index in [2.05, 4.69) is 29.5 Å². The van der Waals surface area contributed by atoms with Crippen molar-refractivity contribution in [1.82, 2.24) is 0 Å². The summed E-state index contributed by atoms with van der Waals surface area (Å²) in [5.41, 5.74) is 0. The molecule has 0 amide bonds. The Kier molecular flexibility index (Phi) is 6.27. The molecule has 1 heterocycles. The van der Waals surface area contributed by atoms with Gasteiger partial charge in [0.1, 0.15) is 10.3 Å². The highest BCUT2D eigenvalue weighted by molar-refractivity contribution is 14.1. The number of ketones is 1. The number of nitrogens with zero attached hydrogens (tertiary/aromatic N) is 1. The van der Waals surface area contributed by atoms with E-state index in [1.165, 1.54) is 6.54 Å².